The standard InChI is InChI=1S/C19H22F2N4O2/c1-3-11(2)22-19(27)17-24-16(15-6-4-5-9-25(15)17)18(26)23-12-7-8-13(20)14(21)10-12/h7-8,10-11H,3-6,9H2,1-2H3,(H,22,27)(H,23,26). The lowest BCUT2D eigenvalue weighted by Gasteiger charge is -2.18. The van der Waals surface area contributed by atoms with E-state index in [9.17, 15) is 18.4 Å². The zero-order chi connectivity index (χ0) is 19.6. The molecule has 0 saturated heterocycles. The minimum atomic E-state index is -1.05. The van der Waals surface area contributed by atoms with Crippen molar-refractivity contribution in [1.82, 2.24) is 14.9 Å². The molecule has 2 amide bonds. The number of hydrogen-bond acceptors (Lipinski definition) is 3. The fourth-order valence-electron chi connectivity index (χ4n) is 3.05. The molecule has 1 aromatic heterocycles. The van der Waals surface area contributed by atoms with Gasteiger partial charge in [0.15, 0.2) is 23.2 Å². The first kappa shape index (κ1) is 19.0. The van der Waals surface area contributed by atoms with E-state index in [2.05, 4.69) is 15.6 Å². The molecular formula is C19H22F2N4O2. The van der Waals surface area contributed by atoms with Crippen LogP contribution in [0.25, 0.3) is 0 Å². The van der Waals surface area contributed by atoms with Gasteiger partial charge in [-0.15, -0.1) is 0 Å². The van der Waals surface area contributed by atoms with Crippen LogP contribution in [0.1, 0.15) is 59.9 Å². The number of hydrogen-bond donors (Lipinski definition) is 2. The number of rotatable bonds is 5. The quantitative estimate of drug-likeness (QED) is 0.841. The third-order valence-electron chi connectivity index (χ3n) is 4.70. The summed E-state index contributed by atoms with van der Waals surface area (Å²) in [6.45, 7) is 4.48. The summed E-state index contributed by atoms with van der Waals surface area (Å²) in [5.41, 5.74) is 0.964. The van der Waals surface area contributed by atoms with Gasteiger partial charge in [0.1, 0.15) is 0 Å². The highest BCUT2D eigenvalue weighted by Gasteiger charge is 2.28. The van der Waals surface area contributed by atoms with Crippen LogP contribution in [0.5, 0.6) is 0 Å². The summed E-state index contributed by atoms with van der Waals surface area (Å²) in [5, 5.41) is 5.39. The molecule has 144 valence electrons. The normalized spacial score (nSPS) is 14.4. The topological polar surface area (TPSA) is 76.0 Å². The van der Waals surface area contributed by atoms with Crippen LogP contribution in [0.4, 0.5) is 14.5 Å². The zero-order valence-electron chi connectivity index (χ0n) is 15.3. The fraction of sp³-hybridized carbons (Fsp3) is 0.421. The van der Waals surface area contributed by atoms with Gasteiger partial charge in [-0.2, -0.15) is 0 Å². The number of nitrogens with one attached hydrogen (secondary N) is 2. The van der Waals surface area contributed by atoms with Crippen molar-refractivity contribution in [2.45, 2.75) is 52.1 Å². The average molecular weight is 376 g/mol. The lowest BCUT2D eigenvalue weighted by atomic mass is 10.1. The molecule has 0 spiro atoms. The van der Waals surface area contributed by atoms with Gasteiger partial charge in [0.25, 0.3) is 11.8 Å². The smallest absolute Gasteiger partial charge is 0.287 e. The van der Waals surface area contributed by atoms with Crippen molar-refractivity contribution in [3.05, 3.63) is 47.0 Å². The highest BCUT2D eigenvalue weighted by atomic mass is 19.2. The predicted octanol–water partition coefficient (Wildman–Crippen LogP) is 3.28. The molecule has 6 nitrogen and oxygen atoms in total. The molecule has 1 unspecified atom stereocenters. The van der Waals surface area contributed by atoms with E-state index in [0.29, 0.717) is 18.7 Å². The van der Waals surface area contributed by atoms with Gasteiger partial charge in [0.05, 0.1) is 5.69 Å². The SMILES string of the molecule is CCC(C)NC(=O)c1nc(C(=O)Nc2ccc(F)c(F)c2)c2n1CCCC2. The Hall–Kier alpha value is -2.77. The largest absolute Gasteiger partial charge is 0.347 e. The molecule has 0 radical (unpaired) electrons. The second-order valence-corrected chi connectivity index (χ2v) is 6.71. The number of halogens is 2. The highest BCUT2D eigenvalue weighted by molar-refractivity contribution is 6.05. The van der Waals surface area contributed by atoms with Crippen LogP contribution in [0.15, 0.2) is 18.2 Å². The molecule has 0 saturated carbocycles. The van der Waals surface area contributed by atoms with Gasteiger partial charge < -0.3 is 15.2 Å². The Morgan fingerprint density at radius 1 is 1.22 bits per heavy atom. The number of anilines is 1. The maximum atomic E-state index is 13.4. The molecule has 1 atom stereocenters. The second-order valence-electron chi connectivity index (χ2n) is 6.71. The zero-order valence-corrected chi connectivity index (χ0v) is 15.3. The summed E-state index contributed by atoms with van der Waals surface area (Å²) in [4.78, 5) is 29.5. The van der Waals surface area contributed by atoms with Crippen LogP contribution < -0.4 is 10.6 Å². The third-order valence-corrected chi connectivity index (χ3v) is 4.70. The first-order valence-corrected chi connectivity index (χ1v) is 9.07. The van der Waals surface area contributed by atoms with Gasteiger partial charge in [0.2, 0.25) is 0 Å². The minimum Gasteiger partial charge on any atom is -0.347 e. The molecule has 0 bridgehead atoms. The van der Waals surface area contributed by atoms with E-state index in [1.54, 1.807) is 4.57 Å². The lowest BCUT2D eigenvalue weighted by Crippen LogP contribution is -2.34. The van der Waals surface area contributed by atoms with E-state index in [4.69, 9.17) is 0 Å². The maximum absolute atomic E-state index is 13.4. The number of aromatic nitrogens is 2. The third kappa shape index (κ3) is 3.99. The summed E-state index contributed by atoms with van der Waals surface area (Å²) in [5.74, 6) is -2.70. The van der Waals surface area contributed by atoms with Gasteiger partial charge >= 0.3 is 0 Å². The Morgan fingerprint density at radius 3 is 2.70 bits per heavy atom. The molecule has 1 aliphatic rings. The van der Waals surface area contributed by atoms with Gasteiger partial charge in [0, 0.05) is 24.3 Å². The molecular weight excluding hydrogens is 354 g/mol. The second kappa shape index (κ2) is 7.85. The van der Waals surface area contributed by atoms with Crippen molar-refractivity contribution in [1.29, 1.82) is 0 Å². The number of amides is 2. The molecule has 8 heteroatoms. The molecule has 1 aliphatic heterocycles. The van der Waals surface area contributed by atoms with Crippen LogP contribution >= 0.6 is 0 Å². The van der Waals surface area contributed by atoms with Gasteiger partial charge in [-0.25, -0.2) is 13.8 Å². The summed E-state index contributed by atoms with van der Waals surface area (Å²) < 4.78 is 28.2. The summed E-state index contributed by atoms with van der Waals surface area (Å²) in [6.07, 6.45) is 3.20. The number of imidazole rings is 1. The fourth-order valence-corrected chi connectivity index (χ4v) is 3.05. The van der Waals surface area contributed by atoms with Crippen molar-refractivity contribution in [2.24, 2.45) is 0 Å². The highest BCUT2D eigenvalue weighted by Crippen LogP contribution is 2.23. The molecule has 0 aliphatic carbocycles. The Bertz CT molecular complexity index is 879. The molecule has 1 aromatic carbocycles. The predicted molar refractivity (Wildman–Crippen MR) is 96.7 cm³/mol. The van der Waals surface area contributed by atoms with Gasteiger partial charge in [-0.3, -0.25) is 9.59 Å². The van der Waals surface area contributed by atoms with E-state index in [0.717, 1.165) is 31.4 Å². The van der Waals surface area contributed by atoms with Crippen molar-refractivity contribution in [2.75, 3.05) is 5.32 Å². The van der Waals surface area contributed by atoms with E-state index in [-0.39, 0.29) is 29.2 Å². The Balaban J connectivity index is 1.89. The van der Waals surface area contributed by atoms with Gasteiger partial charge in [-0.1, -0.05) is 6.92 Å². The van der Waals surface area contributed by atoms with E-state index < -0.39 is 17.5 Å². The number of benzene rings is 1. The van der Waals surface area contributed by atoms with Crippen LogP contribution in [0.3, 0.4) is 0 Å². The summed E-state index contributed by atoms with van der Waals surface area (Å²) >= 11 is 0. The molecule has 2 heterocycles. The molecule has 2 aromatic rings. The van der Waals surface area contributed by atoms with E-state index in [1.165, 1.54) is 6.07 Å². The Kier molecular flexibility index (Phi) is 5.53. The lowest BCUT2D eigenvalue weighted by molar-refractivity contribution is 0.0923. The van der Waals surface area contributed by atoms with Crippen molar-refractivity contribution >= 4 is 17.5 Å². The Labute approximate surface area is 156 Å². The Morgan fingerprint density at radius 2 is 2.00 bits per heavy atom. The monoisotopic (exact) mass is 376 g/mol. The van der Waals surface area contributed by atoms with Crippen molar-refractivity contribution in [3.63, 3.8) is 0 Å². The first-order valence-electron chi connectivity index (χ1n) is 9.07. The average Bonchev–Trinajstić information content (AvgIpc) is 3.04. The van der Waals surface area contributed by atoms with Crippen LogP contribution in [-0.4, -0.2) is 27.4 Å². The van der Waals surface area contributed by atoms with Crippen molar-refractivity contribution in [3.8, 4) is 0 Å². The number of carbonyl (C=O) groups excluding carboxylic acids is 2. The van der Waals surface area contributed by atoms with Gasteiger partial charge in [-0.05, 0) is 44.7 Å². The number of carbonyl (C=O) groups is 2. The molecule has 0 fully saturated rings. The molecule has 2 N–H and O–H groups in total. The molecule has 27 heavy (non-hydrogen) atoms. The number of fused-ring (bicyclic) bond motifs is 1. The van der Waals surface area contributed by atoms with E-state index in [1.807, 2.05) is 13.8 Å². The number of nitrogens with zero attached hydrogens (tertiary/aromatic N) is 2. The summed E-state index contributed by atoms with van der Waals surface area (Å²) in [6, 6.07) is 3.12. The van der Waals surface area contributed by atoms with Crippen LogP contribution in [0.2, 0.25) is 0 Å². The minimum absolute atomic E-state index is 0.00601. The van der Waals surface area contributed by atoms with Crippen molar-refractivity contribution < 1.29 is 18.4 Å². The first-order chi connectivity index (χ1) is 12.9. The van der Waals surface area contributed by atoms with Crippen LogP contribution in [-0.2, 0) is 13.0 Å². The summed E-state index contributed by atoms with van der Waals surface area (Å²) in [7, 11) is 0. The van der Waals surface area contributed by atoms with E-state index >= 15 is 0 Å². The maximum Gasteiger partial charge on any atom is 0.287 e. The van der Waals surface area contributed by atoms with Crippen LogP contribution in [0, 0.1) is 11.6 Å². The molecule has 3 rings (SSSR count).